The summed E-state index contributed by atoms with van der Waals surface area (Å²) in [5, 5.41) is 5.09. The molecule has 1 aliphatic carbocycles. The average molecular weight is 427 g/mol. The molecule has 3 atom stereocenters. The van der Waals surface area contributed by atoms with Crippen LogP contribution in [0.15, 0.2) is 41.8 Å². The van der Waals surface area contributed by atoms with Gasteiger partial charge in [-0.3, -0.25) is 9.59 Å². The van der Waals surface area contributed by atoms with Gasteiger partial charge in [-0.15, -0.1) is 11.3 Å². The van der Waals surface area contributed by atoms with Crippen molar-refractivity contribution in [3.05, 3.63) is 47.3 Å². The summed E-state index contributed by atoms with van der Waals surface area (Å²) in [5.74, 6) is 0.588. The molecule has 0 bridgehead atoms. The van der Waals surface area contributed by atoms with E-state index < -0.39 is 5.60 Å². The second-order valence-electron chi connectivity index (χ2n) is 8.90. The fourth-order valence-electron chi connectivity index (χ4n) is 4.15. The highest BCUT2D eigenvalue weighted by atomic mass is 32.1. The SMILES string of the molecule is CC(C)NC(=O)[C@]1(Cc2ccc(-c3cccs3)cc2)CN(C(=O)[C@H]2C[C@@H]2C)CCO1. The molecule has 2 heterocycles. The molecule has 1 saturated heterocycles. The predicted molar refractivity (Wildman–Crippen MR) is 119 cm³/mol. The summed E-state index contributed by atoms with van der Waals surface area (Å²) < 4.78 is 6.14. The van der Waals surface area contributed by atoms with Crippen LogP contribution in [0.25, 0.3) is 10.4 Å². The number of nitrogens with zero attached hydrogens (tertiary/aromatic N) is 1. The van der Waals surface area contributed by atoms with Crippen LogP contribution >= 0.6 is 11.3 Å². The van der Waals surface area contributed by atoms with Crippen molar-refractivity contribution in [2.75, 3.05) is 19.7 Å². The van der Waals surface area contributed by atoms with Crippen molar-refractivity contribution in [3.63, 3.8) is 0 Å². The Balaban J connectivity index is 1.56. The Bertz CT molecular complexity index is 894. The van der Waals surface area contributed by atoms with Crippen LogP contribution in [-0.2, 0) is 20.7 Å². The summed E-state index contributed by atoms with van der Waals surface area (Å²) in [6, 6.07) is 12.5. The van der Waals surface area contributed by atoms with E-state index in [1.54, 1.807) is 11.3 Å². The number of hydrogen-bond acceptors (Lipinski definition) is 4. The molecule has 5 nitrogen and oxygen atoms in total. The van der Waals surface area contributed by atoms with Crippen LogP contribution < -0.4 is 5.32 Å². The van der Waals surface area contributed by atoms with Gasteiger partial charge in [-0.25, -0.2) is 0 Å². The molecule has 2 fully saturated rings. The lowest BCUT2D eigenvalue weighted by Crippen LogP contribution is -2.63. The van der Waals surface area contributed by atoms with E-state index in [2.05, 4.69) is 48.0 Å². The van der Waals surface area contributed by atoms with Crippen molar-refractivity contribution in [2.45, 2.75) is 45.3 Å². The van der Waals surface area contributed by atoms with Gasteiger partial charge < -0.3 is 15.0 Å². The van der Waals surface area contributed by atoms with Crippen molar-refractivity contribution in [3.8, 4) is 10.4 Å². The number of thiophene rings is 1. The average Bonchev–Trinajstić information content (AvgIpc) is 3.21. The summed E-state index contributed by atoms with van der Waals surface area (Å²) in [6.07, 6.45) is 1.39. The van der Waals surface area contributed by atoms with E-state index >= 15 is 0 Å². The zero-order valence-electron chi connectivity index (χ0n) is 17.9. The van der Waals surface area contributed by atoms with E-state index in [4.69, 9.17) is 4.74 Å². The van der Waals surface area contributed by atoms with Gasteiger partial charge in [0.05, 0.1) is 13.2 Å². The third-order valence-corrected chi connectivity index (χ3v) is 6.93. The van der Waals surface area contributed by atoms with E-state index in [0.29, 0.717) is 32.0 Å². The Kier molecular flexibility index (Phi) is 5.98. The molecule has 1 aliphatic heterocycles. The molecule has 1 saturated carbocycles. The van der Waals surface area contributed by atoms with E-state index in [0.717, 1.165) is 12.0 Å². The lowest BCUT2D eigenvalue weighted by Gasteiger charge is -2.42. The Morgan fingerprint density at radius 3 is 2.60 bits per heavy atom. The maximum atomic E-state index is 13.2. The maximum absolute atomic E-state index is 13.2. The minimum atomic E-state index is -1.05. The van der Waals surface area contributed by atoms with Crippen molar-refractivity contribution in [1.82, 2.24) is 10.2 Å². The second kappa shape index (κ2) is 8.52. The van der Waals surface area contributed by atoms with Crippen LogP contribution in [0, 0.1) is 11.8 Å². The summed E-state index contributed by atoms with van der Waals surface area (Å²) in [4.78, 5) is 29.2. The Morgan fingerprint density at radius 2 is 2.00 bits per heavy atom. The number of morpholine rings is 1. The zero-order chi connectivity index (χ0) is 21.3. The minimum Gasteiger partial charge on any atom is -0.361 e. The third-order valence-electron chi connectivity index (χ3n) is 6.01. The number of rotatable bonds is 6. The molecular formula is C24H30N2O3S. The molecule has 0 spiro atoms. The third kappa shape index (κ3) is 4.44. The molecule has 2 aliphatic rings. The highest BCUT2D eigenvalue weighted by molar-refractivity contribution is 7.13. The molecule has 2 aromatic rings. The standard InChI is InChI=1S/C24H30N2O3S/c1-16(2)25-23(28)24(15-26(10-11-29-24)22(27)20-13-17(20)3)14-18-6-8-19(9-7-18)21-5-4-12-30-21/h4-9,12,16-17,20H,10-11,13-15H2,1-3H3,(H,25,28)/t17-,20-,24-/m0/s1. The first-order valence-electron chi connectivity index (χ1n) is 10.7. The quantitative estimate of drug-likeness (QED) is 0.766. The smallest absolute Gasteiger partial charge is 0.254 e. The lowest BCUT2D eigenvalue weighted by atomic mass is 9.90. The fraction of sp³-hybridized carbons (Fsp3) is 0.500. The van der Waals surface area contributed by atoms with Crippen LogP contribution in [0.3, 0.4) is 0 Å². The van der Waals surface area contributed by atoms with Crippen LogP contribution in [0.4, 0.5) is 0 Å². The molecule has 1 N–H and O–H groups in total. The molecule has 0 radical (unpaired) electrons. The van der Waals surface area contributed by atoms with Gasteiger partial charge in [-0.1, -0.05) is 37.3 Å². The van der Waals surface area contributed by atoms with E-state index in [9.17, 15) is 9.59 Å². The zero-order valence-corrected chi connectivity index (χ0v) is 18.7. The number of hydrogen-bond donors (Lipinski definition) is 1. The van der Waals surface area contributed by atoms with E-state index in [-0.39, 0.29) is 23.8 Å². The van der Waals surface area contributed by atoms with Crippen LogP contribution in [-0.4, -0.2) is 48.1 Å². The van der Waals surface area contributed by atoms with Gasteiger partial charge in [0, 0.05) is 29.8 Å². The van der Waals surface area contributed by atoms with Crippen LogP contribution in [0.5, 0.6) is 0 Å². The molecule has 1 aromatic heterocycles. The highest BCUT2D eigenvalue weighted by Crippen LogP contribution is 2.40. The molecular weight excluding hydrogens is 396 g/mol. The van der Waals surface area contributed by atoms with Gasteiger partial charge in [0.15, 0.2) is 5.60 Å². The lowest BCUT2D eigenvalue weighted by molar-refractivity contribution is -0.167. The van der Waals surface area contributed by atoms with Gasteiger partial charge in [0.25, 0.3) is 5.91 Å². The first-order chi connectivity index (χ1) is 14.4. The van der Waals surface area contributed by atoms with Gasteiger partial charge in [0.2, 0.25) is 5.91 Å². The molecule has 1 aromatic carbocycles. The fourth-order valence-corrected chi connectivity index (χ4v) is 4.88. The molecule has 160 valence electrons. The van der Waals surface area contributed by atoms with Crippen molar-refractivity contribution < 1.29 is 14.3 Å². The second-order valence-corrected chi connectivity index (χ2v) is 9.85. The van der Waals surface area contributed by atoms with Crippen molar-refractivity contribution >= 4 is 23.2 Å². The maximum Gasteiger partial charge on any atom is 0.254 e. The predicted octanol–water partition coefficient (Wildman–Crippen LogP) is 3.74. The minimum absolute atomic E-state index is 0.00807. The largest absolute Gasteiger partial charge is 0.361 e. The van der Waals surface area contributed by atoms with E-state index in [1.165, 1.54) is 10.4 Å². The van der Waals surface area contributed by atoms with Gasteiger partial charge in [-0.2, -0.15) is 0 Å². The van der Waals surface area contributed by atoms with Crippen molar-refractivity contribution in [2.24, 2.45) is 11.8 Å². The monoisotopic (exact) mass is 426 g/mol. The van der Waals surface area contributed by atoms with E-state index in [1.807, 2.05) is 24.8 Å². The first kappa shape index (κ1) is 21.1. The number of carbonyl (C=O) groups is 2. The highest BCUT2D eigenvalue weighted by Gasteiger charge is 2.48. The summed E-state index contributed by atoms with van der Waals surface area (Å²) in [5.41, 5.74) is 1.14. The number of nitrogens with one attached hydrogen (secondary N) is 1. The Morgan fingerprint density at radius 1 is 1.27 bits per heavy atom. The molecule has 0 unspecified atom stereocenters. The molecule has 4 rings (SSSR count). The number of ether oxygens (including phenoxy) is 1. The number of carbonyl (C=O) groups excluding carboxylic acids is 2. The van der Waals surface area contributed by atoms with Crippen LogP contribution in [0.1, 0.15) is 32.8 Å². The number of benzene rings is 1. The van der Waals surface area contributed by atoms with Gasteiger partial charge in [-0.05, 0) is 48.8 Å². The Labute approximate surface area is 182 Å². The topological polar surface area (TPSA) is 58.6 Å². The van der Waals surface area contributed by atoms with Gasteiger partial charge >= 0.3 is 0 Å². The molecule has 6 heteroatoms. The van der Waals surface area contributed by atoms with Crippen LogP contribution in [0.2, 0.25) is 0 Å². The summed E-state index contributed by atoms with van der Waals surface area (Å²) in [7, 11) is 0. The van der Waals surface area contributed by atoms with Gasteiger partial charge in [0.1, 0.15) is 0 Å². The summed E-state index contributed by atoms with van der Waals surface area (Å²) in [6.45, 7) is 7.23. The summed E-state index contributed by atoms with van der Waals surface area (Å²) >= 11 is 1.71. The number of amides is 2. The molecule has 30 heavy (non-hydrogen) atoms. The first-order valence-corrected chi connectivity index (χ1v) is 11.6. The normalized spacial score (nSPS) is 25.9. The van der Waals surface area contributed by atoms with Crippen molar-refractivity contribution in [1.29, 1.82) is 0 Å². The molecule has 2 amide bonds. The Hall–Kier alpha value is -2.18.